The Balaban J connectivity index is 0. The van der Waals surface area contributed by atoms with Crippen molar-refractivity contribution in [3.8, 4) is 0 Å². The largest absolute Gasteiger partial charge is 0.465 e. The molecule has 0 atom stereocenters. The van der Waals surface area contributed by atoms with Gasteiger partial charge in [0.05, 0.1) is 0 Å². The van der Waals surface area contributed by atoms with Gasteiger partial charge in [-0.05, 0) is 0 Å². The smallest absolute Gasteiger partial charge is 0.402 e. The second-order valence-corrected chi connectivity index (χ2v) is 0.338. The topological polar surface area (TPSA) is 63.3 Å². The molecule has 5 heavy (non-hydrogen) atoms. The first-order valence-corrected chi connectivity index (χ1v) is 0.716. The minimum Gasteiger partial charge on any atom is -0.465 e. The molecule has 0 aromatic rings. The third kappa shape index (κ3) is 274. The second-order valence-electron chi connectivity index (χ2n) is 0.338. The van der Waals surface area contributed by atoms with Gasteiger partial charge in [-0.3, -0.25) is 0 Å². The molecule has 0 rings (SSSR count). The van der Waals surface area contributed by atoms with Crippen LogP contribution in [0, 0.1) is 0 Å². The summed E-state index contributed by atoms with van der Waals surface area (Å²) in [6, 6.07) is 0. The minimum absolute atomic E-state index is 0. The van der Waals surface area contributed by atoms with Crippen LogP contribution in [0.1, 0.15) is 0 Å². The molecule has 0 saturated heterocycles. The summed E-state index contributed by atoms with van der Waals surface area (Å²) in [7, 11) is 0. The summed E-state index contributed by atoms with van der Waals surface area (Å²) in [5.41, 5.74) is 4.03. The maximum atomic E-state index is 8.78. The van der Waals surface area contributed by atoms with Gasteiger partial charge in [0.25, 0.3) is 0 Å². The Hall–Kier alpha value is -0.211. The van der Waals surface area contributed by atoms with Crippen LogP contribution in [-0.4, -0.2) is 11.2 Å². The fourth-order valence-corrected chi connectivity index (χ4v) is 0. The Labute approximate surface area is 39.6 Å². The number of primary amides is 1. The number of amides is 1. The maximum Gasteiger partial charge on any atom is 0.402 e. The first kappa shape index (κ1) is 8.84. The van der Waals surface area contributed by atoms with E-state index in [9.17, 15) is 0 Å². The molecule has 0 spiro atoms. The number of carboxylic acid groups (broad SMARTS) is 1. The fraction of sp³-hybridized carbons (Fsp3) is 0. The van der Waals surface area contributed by atoms with Crippen LogP contribution in [0.25, 0.3) is 0 Å². The van der Waals surface area contributed by atoms with E-state index in [1.54, 1.807) is 0 Å². The molecule has 3 N–H and O–H groups in total. The van der Waals surface area contributed by atoms with Crippen molar-refractivity contribution < 1.29 is 27.0 Å². The third-order valence-electron chi connectivity index (χ3n) is 0. The first-order valence-electron chi connectivity index (χ1n) is 0.716. The predicted molar refractivity (Wildman–Crippen MR) is 12.2 cm³/mol. The zero-order chi connectivity index (χ0) is 3.58. The van der Waals surface area contributed by atoms with Crippen molar-refractivity contribution in [2.45, 2.75) is 0 Å². The van der Waals surface area contributed by atoms with Gasteiger partial charge in [0.2, 0.25) is 0 Å². The Kier molecular flexibility index (Phi) is 6.70. The second kappa shape index (κ2) is 3.79. The van der Waals surface area contributed by atoms with E-state index in [2.05, 4.69) is 5.73 Å². The summed E-state index contributed by atoms with van der Waals surface area (Å²) in [4.78, 5) is 8.78. The zero-order valence-electron chi connectivity index (χ0n) is 2.31. The monoisotopic (exact) mass is 116 g/mol. The van der Waals surface area contributed by atoms with E-state index < -0.39 is 6.09 Å². The molecule has 31 valence electrons. The van der Waals surface area contributed by atoms with Crippen LogP contribution in [0.2, 0.25) is 0 Å². The SMILES string of the molecule is NC(=O)O.[Mn]. The van der Waals surface area contributed by atoms with Crippen molar-refractivity contribution in [3.63, 3.8) is 0 Å². The summed E-state index contributed by atoms with van der Waals surface area (Å²) in [5.74, 6) is 0. The minimum atomic E-state index is -1.33. The molecule has 0 aliphatic carbocycles. The molecule has 0 heterocycles. The Bertz CT molecular complexity index is 32.6. The predicted octanol–water partition coefficient (Wildman–Crippen LogP) is -0.379. The van der Waals surface area contributed by atoms with Crippen molar-refractivity contribution in [3.05, 3.63) is 0 Å². The van der Waals surface area contributed by atoms with Crippen LogP contribution in [-0.2, 0) is 17.1 Å². The van der Waals surface area contributed by atoms with Gasteiger partial charge in [0.1, 0.15) is 0 Å². The number of nitrogens with two attached hydrogens (primary N) is 1. The fourth-order valence-electron chi connectivity index (χ4n) is 0. The van der Waals surface area contributed by atoms with Crippen LogP contribution < -0.4 is 5.73 Å². The van der Waals surface area contributed by atoms with E-state index in [0.29, 0.717) is 0 Å². The van der Waals surface area contributed by atoms with Crippen LogP contribution in [0.15, 0.2) is 0 Å². The summed E-state index contributed by atoms with van der Waals surface area (Å²) in [6.07, 6.45) is -1.33. The van der Waals surface area contributed by atoms with Crippen molar-refractivity contribution in [2.75, 3.05) is 0 Å². The average Bonchev–Trinajstić information content (AvgIpc) is 0.811. The Morgan fingerprint density at radius 2 is 1.80 bits per heavy atom. The van der Waals surface area contributed by atoms with E-state index in [1.807, 2.05) is 0 Å². The number of hydrogen-bond donors (Lipinski definition) is 2. The zero-order valence-corrected chi connectivity index (χ0v) is 3.49. The van der Waals surface area contributed by atoms with Gasteiger partial charge in [-0.1, -0.05) is 0 Å². The van der Waals surface area contributed by atoms with E-state index in [0.717, 1.165) is 0 Å². The van der Waals surface area contributed by atoms with Crippen molar-refractivity contribution >= 4 is 6.09 Å². The molecular weight excluding hydrogens is 113 g/mol. The van der Waals surface area contributed by atoms with Crippen LogP contribution >= 0.6 is 0 Å². The molecule has 0 aromatic carbocycles. The Morgan fingerprint density at radius 1 is 1.80 bits per heavy atom. The molecule has 1 amide bonds. The van der Waals surface area contributed by atoms with Gasteiger partial charge in [-0.25, -0.2) is 4.79 Å². The molecular formula is CH3MnNO2. The molecule has 0 aromatic heterocycles. The van der Waals surface area contributed by atoms with Gasteiger partial charge < -0.3 is 10.8 Å². The van der Waals surface area contributed by atoms with E-state index >= 15 is 0 Å². The van der Waals surface area contributed by atoms with Gasteiger partial charge >= 0.3 is 6.09 Å². The van der Waals surface area contributed by atoms with Crippen LogP contribution in [0.5, 0.6) is 0 Å². The summed E-state index contributed by atoms with van der Waals surface area (Å²) in [5, 5.41) is 7.19. The molecule has 1 radical (unpaired) electrons. The molecule has 3 nitrogen and oxygen atoms in total. The standard InChI is InChI=1S/CH3NO2.Mn/c2-1(3)4;/h2H2,(H,3,4);. The van der Waals surface area contributed by atoms with Gasteiger partial charge in [-0.2, -0.15) is 0 Å². The van der Waals surface area contributed by atoms with Gasteiger partial charge in [-0.15, -0.1) is 0 Å². The molecule has 0 aliphatic rings. The molecule has 0 aliphatic heterocycles. The summed E-state index contributed by atoms with van der Waals surface area (Å²) in [6.45, 7) is 0. The molecule has 4 heteroatoms. The number of rotatable bonds is 0. The van der Waals surface area contributed by atoms with E-state index in [-0.39, 0.29) is 17.1 Å². The van der Waals surface area contributed by atoms with E-state index in [4.69, 9.17) is 9.90 Å². The van der Waals surface area contributed by atoms with Crippen molar-refractivity contribution in [2.24, 2.45) is 5.73 Å². The molecule has 0 unspecified atom stereocenters. The van der Waals surface area contributed by atoms with Gasteiger partial charge in [0.15, 0.2) is 0 Å². The van der Waals surface area contributed by atoms with Gasteiger partial charge in [0, 0.05) is 17.1 Å². The third-order valence-corrected chi connectivity index (χ3v) is 0. The van der Waals surface area contributed by atoms with E-state index in [1.165, 1.54) is 0 Å². The quantitative estimate of drug-likeness (QED) is 0.423. The normalized spacial score (nSPS) is 4.80. The molecule has 0 saturated carbocycles. The molecule has 0 fully saturated rings. The molecule has 0 bridgehead atoms. The maximum absolute atomic E-state index is 8.78. The number of hydrogen-bond acceptors (Lipinski definition) is 1. The van der Waals surface area contributed by atoms with Crippen molar-refractivity contribution in [1.29, 1.82) is 0 Å². The summed E-state index contributed by atoms with van der Waals surface area (Å²) >= 11 is 0. The number of carbonyl (C=O) groups is 1. The summed E-state index contributed by atoms with van der Waals surface area (Å²) < 4.78 is 0. The first-order chi connectivity index (χ1) is 1.73. The average molecular weight is 116 g/mol. The Morgan fingerprint density at radius 3 is 1.80 bits per heavy atom. The van der Waals surface area contributed by atoms with Crippen molar-refractivity contribution in [1.82, 2.24) is 0 Å². The van der Waals surface area contributed by atoms with Crippen LogP contribution in [0.3, 0.4) is 0 Å². The van der Waals surface area contributed by atoms with Crippen LogP contribution in [0.4, 0.5) is 4.79 Å².